The van der Waals surface area contributed by atoms with Crippen LogP contribution in [0.15, 0.2) is 61.4 Å². The van der Waals surface area contributed by atoms with Gasteiger partial charge in [0.2, 0.25) is 0 Å². The van der Waals surface area contributed by atoms with Crippen molar-refractivity contribution >= 4 is 22.7 Å². The second-order valence-electron chi connectivity index (χ2n) is 6.53. The molecule has 0 saturated heterocycles. The SMILES string of the molecule is Cc1cc(Nc2ncnn3ccc(CO)c23)ccc1Oc1ccn2ncnc2c1. The number of aliphatic hydroxyl groups excluding tert-OH is 1. The fourth-order valence-electron chi connectivity index (χ4n) is 3.20. The average molecular weight is 387 g/mol. The van der Waals surface area contributed by atoms with Crippen molar-refractivity contribution in [2.24, 2.45) is 0 Å². The van der Waals surface area contributed by atoms with Crippen molar-refractivity contribution in [3.63, 3.8) is 0 Å². The molecule has 4 heterocycles. The minimum atomic E-state index is -0.0826. The number of nitrogens with zero attached hydrogens (tertiary/aromatic N) is 6. The molecule has 9 nitrogen and oxygen atoms in total. The molecular weight excluding hydrogens is 370 g/mol. The van der Waals surface area contributed by atoms with E-state index in [4.69, 9.17) is 4.74 Å². The molecule has 4 aromatic heterocycles. The van der Waals surface area contributed by atoms with Crippen LogP contribution in [0.25, 0.3) is 11.2 Å². The topological polar surface area (TPSA) is 102 Å². The number of fused-ring (bicyclic) bond motifs is 2. The largest absolute Gasteiger partial charge is 0.457 e. The Kier molecular flexibility index (Phi) is 4.07. The summed E-state index contributed by atoms with van der Waals surface area (Å²) in [4.78, 5) is 8.50. The normalized spacial score (nSPS) is 11.2. The van der Waals surface area contributed by atoms with E-state index >= 15 is 0 Å². The minimum absolute atomic E-state index is 0.0826. The Hall–Kier alpha value is -3.98. The maximum atomic E-state index is 9.56. The molecule has 0 radical (unpaired) electrons. The van der Waals surface area contributed by atoms with E-state index in [1.54, 1.807) is 21.4 Å². The van der Waals surface area contributed by atoms with Gasteiger partial charge < -0.3 is 15.2 Å². The van der Waals surface area contributed by atoms with Gasteiger partial charge in [0.15, 0.2) is 11.5 Å². The second kappa shape index (κ2) is 6.88. The summed E-state index contributed by atoms with van der Waals surface area (Å²) in [6, 6.07) is 11.3. The molecule has 0 saturated carbocycles. The van der Waals surface area contributed by atoms with Crippen LogP contribution in [0.1, 0.15) is 11.1 Å². The molecule has 9 heteroatoms. The van der Waals surface area contributed by atoms with Gasteiger partial charge in [-0.05, 0) is 42.8 Å². The Labute approximate surface area is 165 Å². The Morgan fingerprint density at radius 3 is 2.69 bits per heavy atom. The van der Waals surface area contributed by atoms with Gasteiger partial charge in [-0.25, -0.2) is 19.0 Å². The molecule has 0 aliphatic heterocycles. The smallest absolute Gasteiger partial charge is 0.158 e. The van der Waals surface area contributed by atoms with Gasteiger partial charge in [0.1, 0.15) is 29.7 Å². The lowest BCUT2D eigenvalue weighted by atomic mass is 10.2. The maximum absolute atomic E-state index is 9.56. The first-order valence-corrected chi connectivity index (χ1v) is 8.98. The third-order valence-corrected chi connectivity index (χ3v) is 4.63. The summed E-state index contributed by atoms with van der Waals surface area (Å²) in [5.41, 5.74) is 4.04. The van der Waals surface area contributed by atoms with E-state index in [-0.39, 0.29) is 6.61 Å². The minimum Gasteiger partial charge on any atom is -0.457 e. The van der Waals surface area contributed by atoms with E-state index in [9.17, 15) is 5.11 Å². The summed E-state index contributed by atoms with van der Waals surface area (Å²) >= 11 is 0. The number of anilines is 2. The van der Waals surface area contributed by atoms with E-state index in [0.29, 0.717) is 11.6 Å². The highest BCUT2D eigenvalue weighted by atomic mass is 16.5. The number of benzene rings is 1. The lowest BCUT2D eigenvalue weighted by molar-refractivity contribution is 0.283. The van der Waals surface area contributed by atoms with Crippen LogP contribution in [0.3, 0.4) is 0 Å². The van der Waals surface area contributed by atoms with Gasteiger partial charge in [-0.2, -0.15) is 10.2 Å². The third kappa shape index (κ3) is 3.13. The van der Waals surface area contributed by atoms with Gasteiger partial charge in [0.25, 0.3) is 0 Å². The third-order valence-electron chi connectivity index (χ3n) is 4.63. The van der Waals surface area contributed by atoms with Gasteiger partial charge in [-0.3, -0.25) is 0 Å². The first-order chi connectivity index (χ1) is 14.2. The summed E-state index contributed by atoms with van der Waals surface area (Å²) in [6.45, 7) is 1.89. The first-order valence-electron chi connectivity index (χ1n) is 8.98. The van der Waals surface area contributed by atoms with Gasteiger partial charge in [0.05, 0.1) is 6.61 Å². The van der Waals surface area contributed by atoms with Gasteiger partial charge in [0, 0.05) is 29.7 Å². The standard InChI is InChI=1S/C20H17N7O2/c1-13-8-15(25-20-19-14(10-28)4-6-27(19)24-12-22-20)2-3-17(13)29-16-5-7-26-18(9-16)21-11-23-26/h2-9,11-12,28H,10H2,1H3,(H,22,24,25). The lowest BCUT2D eigenvalue weighted by Gasteiger charge is -2.12. The molecule has 0 bridgehead atoms. The quantitative estimate of drug-likeness (QED) is 0.478. The highest BCUT2D eigenvalue weighted by Crippen LogP contribution is 2.30. The van der Waals surface area contributed by atoms with Crippen molar-refractivity contribution in [1.82, 2.24) is 29.2 Å². The summed E-state index contributed by atoms with van der Waals surface area (Å²) in [5.74, 6) is 2.05. The van der Waals surface area contributed by atoms with Crippen molar-refractivity contribution < 1.29 is 9.84 Å². The summed E-state index contributed by atoms with van der Waals surface area (Å²) in [6.07, 6.45) is 6.57. The number of ether oxygens (including phenoxy) is 1. The molecule has 29 heavy (non-hydrogen) atoms. The highest BCUT2D eigenvalue weighted by molar-refractivity contribution is 5.76. The van der Waals surface area contributed by atoms with Gasteiger partial charge >= 0.3 is 0 Å². The van der Waals surface area contributed by atoms with Crippen LogP contribution in [0.5, 0.6) is 11.5 Å². The first kappa shape index (κ1) is 17.1. The molecule has 0 unspecified atom stereocenters. The summed E-state index contributed by atoms with van der Waals surface area (Å²) in [5, 5.41) is 21.1. The van der Waals surface area contributed by atoms with Crippen molar-refractivity contribution in [3.8, 4) is 11.5 Å². The Balaban J connectivity index is 1.42. The summed E-state index contributed by atoms with van der Waals surface area (Å²) < 4.78 is 9.38. The molecule has 0 aliphatic rings. The predicted octanol–water partition coefficient (Wildman–Crippen LogP) is 3.11. The van der Waals surface area contributed by atoms with E-state index in [0.717, 1.165) is 33.7 Å². The molecule has 0 atom stereocenters. The lowest BCUT2D eigenvalue weighted by Crippen LogP contribution is -2.01. The molecule has 0 spiro atoms. The Morgan fingerprint density at radius 2 is 1.83 bits per heavy atom. The molecule has 0 fully saturated rings. The molecular formula is C20H17N7O2. The van der Waals surface area contributed by atoms with Crippen LogP contribution >= 0.6 is 0 Å². The van der Waals surface area contributed by atoms with Crippen LogP contribution in [-0.4, -0.2) is 34.3 Å². The van der Waals surface area contributed by atoms with E-state index in [1.165, 1.54) is 12.7 Å². The van der Waals surface area contributed by atoms with E-state index < -0.39 is 0 Å². The average Bonchev–Trinajstić information content (AvgIpc) is 3.36. The molecule has 5 aromatic rings. The molecule has 0 amide bonds. The number of aliphatic hydroxyl groups is 1. The summed E-state index contributed by atoms with van der Waals surface area (Å²) in [7, 11) is 0. The molecule has 2 N–H and O–H groups in total. The zero-order chi connectivity index (χ0) is 19.8. The van der Waals surface area contributed by atoms with Crippen molar-refractivity contribution in [1.29, 1.82) is 0 Å². The van der Waals surface area contributed by atoms with Crippen LogP contribution in [0.2, 0.25) is 0 Å². The van der Waals surface area contributed by atoms with E-state index in [1.807, 2.05) is 43.3 Å². The fourth-order valence-corrected chi connectivity index (χ4v) is 3.20. The Morgan fingerprint density at radius 1 is 1.00 bits per heavy atom. The number of hydrogen-bond donors (Lipinski definition) is 2. The van der Waals surface area contributed by atoms with Crippen LogP contribution in [-0.2, 0) is 6.61 Å². The number of rotatable bonds is 5. The number of aromatic nitrogens is 6. The molecule has 5 rings (SSSR count). The predicted molar refractivity (Wildman–Crippen MR) is 106 cm³/mol. The van der Waals surface area contributed by atoms with Crippen LogP contribution in [0, 0.1) is 6.92 Å². The fraction of sp³-hybridized carbons (Fsp3) is 0.100. The van der Waals surface area contributed by atoms with Crippen LogP contribution in [0.4, 0.5) is 11.5 Å². The van der Waals surface area contributed by atoms with Crippen molar-refractivity contribution in [3.05, 3.63) is 72.6 Å². The van der Waals surface area contributed by atoms with Gasteiger partial charge in [-0.1, -0.05) is 0 Å². The molecule has 1 aromatic carbocycles. The van der Waals surface area contributed by atoms with Gasteiger partial charge in [-0.15, -0.1) is 0 Å². The number of pyridine rings is 1. The second-order valence-corrected chi connectivity index (χ2v) is 6.53. The zero-order valence-electron chi connectivity index (χ0n) is 15.5. The molecule has 144 valence electrons. The van der Waals surface area contributed by atoms with E-state index in [2.05, 4.69) is 25.5 Å². The monoisotopic (exact) mass is 387 g/mol. The zero-order valence-corrected chi connectivity index (χ0v) is 15.5. The number of hydrogen-bond acceptors (Lipinski definition) is 7. The highest BCUT2D eigenvalue weighted by Gasteiger charge is 2.11. The molecule has 0 aliphatic carbocycles. The van der Waals surface area contributed by atoms with Crippen molar-refractivity contribution in [2.45, 2.75) is 13.5 Å². The number of nitrogens with one attached hydrogen (secondary N) is 1. The maximum Gasteiger partial charge on any atom is 0.158 e. The van der Waals surface area contributed by atoms with Crippen LogP contribution < -0.4 is 10.1 Å². The Bertz CT molecular complexity index is 1330. The van der Waals surface area contributed by atoms with Crippen molar-refractivity contribution in [2.75, 3.05) is 5.32 Å². The number of aryl methyl sites for hydroxylation is 1.